The summed E-state index contributed by atoms with van der Waals surface area (Å²) < 4.78 is 10.5. The van der Waals surface area contributed by atoms with Gasteiger partial charge >= 0.3 is 5.97 Å². The Hall–Kier alpha value is -2.82. The number of carbonyl (C=O) groups excluding carboxylic acids is 2. The zero-order valence-corrected chi connectivity index (χ0v) is 14.7. The number of esters is 1. The first-order valence-electron chi connectivity index (χ1n) is 8.27. The van der Waals surface area contributed by atoms with E-state index in [1.165, 1.54) is 12.5 Å². The van der Waals surface area contributed by atoms with Crippen molar-refractivity contribution in [2.45, 2.75) is 33.3 Å². The molecule has 2 aromatic rings. The molecule has 0 aliphatic carbocycles. The fourth-order valence-corrected chi connectivity index (χ4v) is 2.21. The third-order valence-electron chi connectivity index (χ3n) is 3.75. The summed E-state index contributed by atoms with van der Waals surface area (Å²) in [5, 5.41) is 2.72. The van der Waals surface area contributed by atoms with Crippen LogP contribution in [0.3, 0.4) is 0 Å². The second-order valence-corrected chi connectivity index (χ2v) is 5.73. The molecular formula is C20H23NO4. The van der Waals surface area contributed by atoms with E-state index >= 15 is 0 Å². The van der Waals surface area contributed by atoms with Gasteiger partial charge in [-0.1, -0.05) is 37.3 Å². The van der Waals surface area contributed by atoms with Crippen LogP contribution in [0.1, 0.15) is 25.0 Å². The lowest BCUT2D eigenvalue weighted by molar-refractivity contribution is -0.155. The molecule has 0 aliphatic rings. The van der Waals surface area contributed by atoms with Crippen molar-refractivity contribution in [1.29, 1.82) is 0 Å². The summed E-state index contributed by atoms with van der Waals surface area (Å²) in [4.78, 5) is 24.0. The van der Waals surface area contributed by atoms with Crippen LogP contribution in [0.4, 0.5) is 5.69 Å². The molecule has 0 heterocycles. The first-order chi connectivity index (χ1) is 12.0. The van der Waals surface area contributed by atoms with E-state index in [1.807, 2.05) is 49.4 Å². The monoisotopic (exact) mass is 341 g/mol. The highest BCUT2D eigenvalue weighted by Crippen LogP contribution is 2.16. The second-order valence-electron chi connectivity index (χ2n) is 5.73. The third kappa shape index (κ3) is 5.64. The van der Waals surface area contributed by atoms with E-state index < -0.39 is 12.1 Å². The SMILES string of the molecule is CCc1ccc(NC(=O)[C@H](C)OC(=O)COc2ccccc2C)cc1. The minimum atomic E-state index is -0.904. The van der Waals surface area contributed by atoms with Crippen LogP contribution in [0.25, 0.3) is 0 Å². The standard InChI is InChI=1S/C20H23NO4/c1-4-16-9-11-17(12-10-16)21-20(23)15(3)25-19(22)13-24-18-8-6-5-7-14(18)2/h5-12,15H,4,13H2,1-3H3,(H,21,23)/t15-/m0/s1. The number of carbonyl (C=O) groups is 2. The Balaban J connectivity index is 1.81. The zero-order chi connectivity index (χ0) is 18.2. The van der Waals surface area contributed by atoms with Crippen molar-refractivity contribution in [3.63, 3.8) is 0 Å². The number of aryl methyl sites for hydroxylation is 2. The lowest BCUT2D eigenvalue weighted by atomic mass is 10.1. The van der Waals surface area contributed by atoms with Crippen LogP contribution < -0.4 is 10.1 Å². The van der Waals surface area contributed by atoms with Crippen LogP contribution in [-0.2, 0) is 20.7 Å². The number of hydrogen-bond acceptors (Lipinski definition) is 4. The number of amides is 1. The molecule has 1 amide bonds. The molecule has 2 aromatic carbocycles. The topological polar surface area (TPSA) is 64.6 Å². The maximum Gasteiger partial charge on any atom is 0.344 e. The molecule has 5 nitrogen and oxygen atoms in total. The van der Waals surface area contributed by atoms with Gasteiger partial charge in [-0.05, 0) is 49.6 Å². The molecular weight excluding hydrogens is 318 g/mol. The zero-order valence-electron chi connectivity index (χ0n) is 14.7. The van der Waals surface area contributed by atoms with E-state index in [0.717, 1.165) is 12.0 Å². The summed E-state index contributed by atoms with van der Waals surface area (Å²) >= 11 is 0. The van der Waals surface area contributed by atoms with Crippen molar-refractivity contribution in [1.82, 2.24) is 0 Å². The van der Waals surface area contributed by atoms with E-state index in [2.05, 4.69) is 12.2 Å². The molecule has 1 atom stereocenters. The number of ether oxygens (including phenoxy) is 2. The number of para-hydroxylation sites is 1. The van der Waals surface area contributed by atoms with Gasteiger partial charge in [-0.2, -0.15) is 0 Å². The Morgan fingerprint density at radius 3 is 2.40 bits per heavy atom. The maximum atomic E-state index is 12.1. The lowest BCUT2D eigenvalue weighted by Gasteiger charge is -2.14. The smallest absolute Gasteiger partial charge is 0.344 e. The van der Waals surface area contributed by atoms with Gasteiger partial charge in [0, 0.05) is 5.69 Å². The third-order valence-corrected chi connectivity index (χ3v) is 3.75. The van der Waals surface area contributed by atoms with Gasteiger partial charge < -0.3 is 14.8 Å². The Labute approximate surface area is 148 Å². The summed E-state index contributed by atoms with van der Waals surface area (Å²) in [5.41, 5.74) is 2.78. The fourth-order valence-electron chi connectivity index (χ4n) is 2.21. The van der Waals surface area contributed by atoms with Crippen molar-refractivity contribution >= 4 is 17.6 Å². The summed E-state index contributed by atoms with van der Waals surface area (Å²) in [6.45, 7) is 5.24. The molecule has 0 aromatic heterocycles. The largest absolute Gasteiger partial charge is 0.482 e. The van der Waals surface area contributed by atoms with E-state index in [4.69, 9.17) is 9.47 Å². The lowest BCUT2D eigenvalue weighted by Crippen LogP contribution is -2.31. The summed E-state index contributed by atoms with van der Waals surface area (Å²) in [6, 6.07) is 14.9. The minimum Gasteiger partial charge on any atom is -0.482 e. The Morgan fingerprint density at radius 2 is 1.76 bits per heavy atom. The van der Waals surface area contributed by atoms with Crippen molar-refractivity contribution in [3.8, 4) is 5.75 Å². The molecule has 0 aliphatic heterocycles. The van der Waals surface area contributed by atoms with Gasteiger partial charge in [-0.3, -0.25) is 4.79 Å². The Bertz CT molecular complexity index is 725. The number of benzene rings is 2. The summed E-state index contributed by atoms with van der Waals surface area (Å²) in [5.74, 6) is -0.353. The molecule has 0 radical (unpaired) electrons. The molecule has 0 fully saturated rings. The molecule has 2 rings (SSSR count). The highest BCUT2D eigenvalue weighted by Gasteiger charge is 2.18. The van der Waals surface area contributed by atoms with E-state index in [9.17, 15) is 9.59 Å². The predicted octanol–water partition coefficient (Wildman–Crippen LogP) is 3.51. The molecule has 0 saturated heterocycles. The maximum absolute atomic E-state index is 12.1. The van der Waals surface area contributed by atoms with Gasteiger partial charge in [-0.15, -0.1) is 0 Å². The number of rotatable bonds is 7. The quantitative estimate of drug-likeness (QED) is 0.783. The molecule has 0 spiro atoms. The van der Waals surface area contributed by atoms with Crippen molar-refractivity contribution < 1.29 is 19.1 Å². The van der Waals surface area contributed by atoms with Crippen LogP contribution in [0.5, 0.6) is 5.75 Å². The van der Waals surface area contributed by atoms with Gasteiger partial charge in [0.05, 0.1) is 0 Å². The van der Waals surface area contributed by atoms with Crippen LogP contribution in [0, 0.1) is 6.92 Å². The fraction of sp³-hybridized carbons (Fsp3) is 0.300. The Morgan fingerprint density at radius 1 is 1.08 bits per heavy atom. The molecule has 1 N–H and O–H groups in total. The highest BCUT2D eigenvalue weighted by molar-refractivity contribution is 5.95. The average Bonchev–Trinajstić information content (AvgIpc) is 2.61. The van der Waals surface area contributed by atoms with Gasteiger partial charge in [0.2, 0.25) is 0 Å². The molecule has 0 bridgehead atoms. The first-order valence-corrected chi connectivity index (χ1v) is 8.27. The van der Waals surface area contributed by atoms with E-state index in [-0.39, 0.29) is 12.5 Å². The van der Waals surface area contributed by atoms with Crippen molar-refractivity contribution in [3.05, 3.63) is 59.7 Å². The normalized spacial score (nSPS) is 11.5. The number of hydrogen-bond donors (Lipinski definition) is 1. The van der Waals surface area contributed by atoms with Crippen LogP contribution in [0.2, 0.25) is 0 Å². The molecule has 25 heavy (non-hydrogen) atoms. The predicted molar refractivity (Wildman–Crippen MR) is 96.7 cm³/mol. The van der Waals surface area contributed by atoms with E-state index in [0.29, 0.717) is 11.4 Å². The van der Waals surface area contributed by atoms with Crippen LogP contribution >= 0.6 is 0 Å². The average molecular weight is 341 g/mol. The van der Waals surface area contributed by atoms with Crippen LogP contribution in [0.15, 0.2) is 48.5 Å². The number of anilines is 1. The Kier molecular flexibility index (Phi) is 6.57. The molecule has 132 valence electrons. The minimum absolute atomic E-state index is 0.242. The van der Waals surface area contributed by atoms with Gasteiger partial charge in [0.1, 0.15) is 5.75 Å². The van der Waals surface area contributed by atoms with Crippen molar-refractivity contribution in [2.24, 2.45) is 0 Å². The summed E-state index contributed by atoms with van der Waals surface area (Å²) in [6.07, 6.45) is 0.0298. The van der Waals surface area contributed by atoms with E-state index in [1.54, 1.807) is 6.07 Å². The van der Waals surface area contributed by atoms with Gasteiger partial charge in [0.15, 0.2) is 12.7 Å². The van der Waals surface area contributed by atoms with Crippen LogP contribution in [-0.4, -0.2) is 24.6 Å². The molecule has 0 saturated carbocycles. The highest BCUT2D eigenvalue weighted by atomic mass is 16.6. The second kappa shape index (κ2) is 8.87. The summed E-state index contributed by atoms with van der Waals surface area (Å²) in [7, 11) is 0. The molecule has 5 heteroatoms. The van der Waals surface area contributed by atoms with Gasteiger partial charge in [-0.25, -0.2) is 4.79 Å². The molecule has 0 unspecified atom stereocenters. The van der Waals surface area contributed by atoms with Gasteiger partial charge in [0.25, 0.3) is 5.91 Å². The van der Waals surface area contributed by atoms with Crippen molar-refractivity contribution in [2.75, 3.05) is 11.9 Å². The number of nitrogens with one attached hydrogen (secondary N) is 1. The first kappa shape index (κ1) is 18.5.